The van der Waals surface area contributed by atoms with Gasteiger partial charge in [0.15, 0.2) is 0 Å². The molecule has 0 aliphatic heterocycles. The van der Waals surface area contributed by atoms with Crippen molar-refractivity contribution >= 4 is 64.0 Å². The number of benzene rings is 7. The van der Waals surface area contributed by atoms with Crippen LogP contribution in [0.5, 0.6) is 0 Å². The van der Waals surface area contributed by atoms with Gasteiger partial charge in [-0.15, -0.1) is 48.0 Å². The molecular formula is C71H63F2GeIrN6OSi. The van der Waals surface area contributed by atoms with Crippen LogP contribution in [0.15, 0.2) is 193 Å². The van der Waals surface area contributed by atoms with Crippen LogP contribution in [0.1, 0.15) is 56.2 Å². The van der Waals surface area contributed by atoms with Crippen LogP contribution in [-0.2, 0) is 20.1 Å². The van der Waals surface area contributed by atoms with Gasteiger partial charge in [0.05, 0.1) is 47.8 Å². The standard InChI is InChI=1S/C43H33N4O.C14H15FGeN.C14H15FNSi.Ir/c1-26(2)35-23-31(29-13-6-5-7-14-29)24-36(27(3)4)40(35)47-39-19-9-8-18-38(39)45-42(47)34-17-11-16-32-33-20-21-37(46-43(33)48-41(32)34)30-15-10-12-28(22-30)25-44;1-16(2,3)13-8-9-14(17-10-13)11-4-6-12(15)7-5-11;1-17(2,3)13-8-9-14(16-10-13)11-4-6-12(15)7-5-11;/h5-16,18-24,26-27H,1-4H3;2*4,6-10H,1-3H3;/q3*-1;+3. The molecule has 7 nitrogen and oxygen atoms in total. The van der Waals surface area contributed by atoms with Crippen LogP contribution in [0.2, 0.25) is 36.9 Å². The molecule has 0 amide bonds. The number of hydrogen-bond acceptors (Lipinski definition) is 6. The van der Waals surface area contributed by atoms with Crippen molar-refractivity contribution in [1.82, 2.24) is 24.5 Å². The number of para-hydroxylation sites is 2. The Morgan fingerprint density at radius 1 is 0.602 bits per heavy atom. The normalized spacial score (nSPS) is 11.5. The first-order valence-electron chi connectivity index (χ1n) is 27.6. The second kappa shape index (κ2) is 25.3. The largest absolute Gasteiger partial charge is 3.00 e. The predicted octanol–water partition coefficient (Wildman–Crippen LogP) is 17.7. The van der Waals surface area contributed by atoms with Gasteiger partial charge in [-0.25, -0.2) is 4.98 Å². The molecule has 0 aliphatic carbocycles. The molecule has 0 atom stereocenters. The minimum atomic E-state index is -1.79. The number of aromatic nitrogens is 5. The fraction of sp³-hybridized carbons (Fsp3) is 0.169. The van der Waals surface area contributed by atoms with E-state index in [1.54, 1.807) is 18.2 Å². The molecule has 0 aliphatic rings. The van der Waals surface area contributed by atoms with Crippen molar-refractivity contribution in [2.24, 2.45) is 0 Å². The number of pyridine rings is 3. The second-order valence-electron chi connectivity index (χ2n) is 23.1. The number of rotatable bonds is 10. The summed E-state index contributed by atoms with van der Waals surface area (Å²) in [4.78, 5) is 19.0. The van der Waals surface area contributed by atoms with Gasteiger partial charge in [-0.2, -0.15) is 5.26 Å². The first kappa shape index (κ1) is 59.6. The van der Waals surface area contributed by atoms with E-state index in [1.165, 1.54) is 56.1 Å². The maximum absolute atomic E-state index is 12.8. The van der Waals surface area contributed by atoms with E-state index in [0.29, 0.717) is 16.9 Å². The number of hydrogen-bond donors (Lipinski definition) is 0. The quantitative estimate of drug-likeness (QED) is 0.100. The number of furan rings is 1. The first-order chi connectivity index (χ1) is 39.3. The summed E-state index contributed by atoms with van der Waals surface area (Å²) in [7, 11) is -1.30. The predicted molar refractivity (Wildman–Crippen MR) is 337 cm³/mol. The Bertz CT molecular complexity index is 4130. The van der Waals surface area contributed by atoms with Crippen molar-refractivity contribution in [2.75, 3.05) is 0 Å². The van der Waals surface area contributed by atoms with Gasteiger partial charge in [-0.1, -0.05) is 125 Å². The van der Waals surface area contributed by atoms with Crippen LogP contribution in [0.25, 0.3) is 95.1 Å². The van der Waals surface area contributed by atoms with E-state index in [4.69, 9.17) is 14.4 Å². The Labute approximate surface area is 502 Å². The summed E-state index contributed by atoms with van der Waals surface area (Å²) in [5, 5.41) is 12.6. The fourth-order valence-electron chi connectivity index (χ4n) is 9.86. The Balaban J connectivity index is 0.000000193. The summed E-state index contributed by atoms with van der Waals surface area (Å²) in [6.45, 7) is 15.9. The third kappa shape index (κ3) is 13.3. The van der Waals surface area contributed by atoms with E-state index < -0.39 is 21.3 Å². The van der Waals surface area contributed by atoms with Crippen molar-refractivity contribution in [1.29, 1.82) is 5.26 Å². The van der Waals surface area contributed by atoms with Gasteiger partial charge in [0, 0.05) is 28.7 Å². The van der Waals surface area contributed by atoms with Crippen LogP contribution >= 0.6 is 0 Å². The molecular weight excluding hydrogens is 1280 g/mol. The average Bonchev–Trinajstić information content (AvgIpc) is 2.44. The van der Waals surface area contributed by atoms with Gasteiger partial charge in [-0.3, -0.25) is 9.37 Å². The summed E-state index contributed by atoms with van der Waals surface area (Å²) in [6, 6.07) is 67.8. The average molecular weight is 1350 g/mol. The van der Waals surface area contributed by atoms with E-state index >= 15 is 0 Å². The third-order valence-electron chi connectivity index (χ3n) is 14.5. The maximum atomic E-state index is 12.8. The van der Waals surface area contributed by atoms with E-state index in [-0.39, 0.29) is 43.6 Å². The molecule has 5 heterocycles. The summed E-state index contributed by atoms with van der Waals surface area (Å²) < 4.78 is 35.9. The number of imidazole rings is 1. The van der Waals surface area contributed by atoms with Crippen molar-refractivity contribution in [3.8, 4) is 68.0 Å². The van der Waals surface area contributed by atoms with Crippen LogP contribution in [0.3, 0.4) is 0 Å². The monoisotopic (exact) mass is 1350 g/mol. The molecule has 12 heteroatoms. The zero-order valence-electron chi connectivity index (χ0n) is 48.2. The number of nitrogens with zero attached hydrogens (tertiary/aromatic N) is 6. The number of halogens is 2. The first-order valence-corrected chi connectivity index (χ1v) is 38.4. The molecule has 0 fully saturated rings. The van der Waals surface area contributed by atoms with Crippen LogP contribution in [-0.4, -0.2) is 45.8 Å². The molecule has 0 radical (unpaired) electrons. The van der Waals surface area contributed by atoms with Gasteiger partial charge in [0.2, 0.25) is 5.71 Å². The Morgan fingerprint density at radius 2 is 1.22 bits per heavy atom. The SMILES string of the molecule is CC(C)c1cc(-c2ccccc2)cc(C(C)C)c1-n1c(-c2[c-]ccc3c2oc2nc(-c4cccc(C#N)c4)ccc23)nc2ccccc21.C[Si](C)(C)c1ccc(-c2[c-]cc(F)cc2)nc1.[CH3][Ge]([CH3])([CH3])[c]1ccc(-c2[c-]cc(F)cc2)nc1.[Ir+3]. The Kier molecular flexibility index (Phi) is 18.1. The van der Waals surface area contributed by atoms with Crippen LogP contribution < -0.4 is 9.58 Å². The van der Waals surface area contributed by atoms with Gasteiger partial charge in [0.25, 0.3) is 0 Å². The third-order valence-corrected chi connectivity index (χ3v) is 20.8. The molecule has 414 valence electrons. The molecule has 0 spiro atoms. The van der Waals surface area contributed by atoms with Crippen molar-refractivity contribution in [3.63, 3.8) is 0 Å². The molecule has 0 N–H and O–H groups in total. The molecule has 7 aromatic carbocycles. The molecule has 0 saturated carbocycles. The smallest absolute Gasteiger partial charge is 3.00 e. The summed E-state index contributed by atoms with van der Waals surface area (Å²) >= 11 is -1.79. The van der Waals surface area contributed by atoms with Gasteiger partial charge in [0.1, 0.15) is 0 Å². The minimum absolute atomic E-state index is 0. The van der Waals surface area contributed by atoms with Gasteiger partial charge in [-0.05, 0) is 93.5 Å². The minimum Gasteiger partial charge on any atom is 3.00 e. The topological polar surface area (TPSA) is 93.4 Å². The van der Waals surface area contributed by atoms with E-state index in [9.17, 15) is 14.0 Å². The van der Waals surface area contributed by atoms with Crippen LogP contribution in [0, 0.1) is 41.2 Å². The van der Waals surface area contributed by atoms with Gasteiger partial charge >= 0.3 is 124 Å². The maximum Gasteiger partial charge on any atom is 3.00 e. The Hall–Kier alpha value is -7.98. The molecule has 83 heavy (non-hydrogen) atoms. The van der Waals surface area contributed by atoms with E-state index in [2.05, 4.69) is 176 Å². The van der Waals surface area contributed by atoms with Crippen molar-refractivity contribution in [2.45, 2.75) is 76.4 Å². The molecule has 0 saturated heterocycles. The molecule has 0 unspecified atom stereocenters. The van der Waals surface area contributed by atoms with Crippen molar-refractivity contribution in [3.05, 3.63) is 235 Å². The second-order valence-corrected chi connectivity index (χ2v) is 38.8. The number of nitriles is 1. The Morgan fingerprint density at radius 3 is 1.78 bits per heavy atom. The molecule has 12 rings (SSSR count). The summed E-state index contributed by atoms with van der Waals surface area (Å²) in [6.07, 6.45) is 3.88. The molecule has 0 bridgehead atoms. The molecule has 12 aromatic rings. The summed E-state index contributed by atoms with van der Waals surface area (Å²) in [5.74, 6) is 7.75. The van der Waals surface area contributed by atoms with Crippen molar-refractivity contribution < 1.29 is 33.3 Å². The zero-order chi connectivity index (χ0) is 57.9. The summed E-state index contributed by atoms with van der Waals surface area (Å²) in [5.41, 5.74) is 15.6. The zero-order valence-corrected chi connectivity index (χ0v) is 53.7. The van der Waals surface area contributed by atoms with Crippen LogP contribution in [0.4, 0.5) is 8.78 Å². The fourth-order valence-corrected chi connectivity index (χ4v) is 13.1. The number of fused-ring (bicyclic) bond motifs is 4. The van der Waals surface area contributed by atoms with E-state index in [1.807, 2.05) is 73.1 Å². The molecule has 5 aromatic heterocycles. The van der Waals surface area contributed by atoms with E-state index in [0.717, 1.165) is 72.7 Å². The van der Waals surface area contributed by atoms with Gasteiger partial charge < -0.3 is 14.0 Å².